The van der Waals surface area contributed by atoms with E-state index in [1.165, 1.54) is 0 Å². The molecule has 0 fully saturated rings. The summed E-state index contributed by atoms with van der Waals surface area (Å²) < 4.78 is 0. The molecular weight excluding hydrogens is 333 g/mol. The van der Waals surface area contributed by atoms with Gasteiger partial charge in [0.1, 0.15) is 0 Å². The van der Waals surface area contributed by atoms with Gasteiger partial charge in [0.2, 0.25) is 5.96 Å². The van der Waals surface area contributed by atoms with Crippen LogP contribution in [0.5, 0.6) is 0 Å². The Kier molecular flexibility index (Phi) is 8.85. The van der Waals surface area contributed by atoms with Gasteiger partial charge < -0.3 is 16.4 Å². The lowest BCUT2D eigenvalue weighted by Gasteiger charge is -2.23. The fraction of sp³-hybridized carbons (Fsp3) is 0.231. The van der Waals surface area contributed by atoms with Gasteiger partial charge in [-0.3, -0.25) is 0 Å². The monoisotopic (exact) mass is 349 g/mol. The molecule has 8 heteroatoms. The molecule has 1 aromatic rings. The van der Waals surface area contributed by atoms with Crippen molar-refractivity contribution in [3.63, 3.8) is 0 Å². The minimum absolute atomic E-state index is 0. The van der Waals surface area contributed by atoms with Crippen LogP contribution in [0.3, 0.4) is 0 Å². The van der Waals surface area contributed by atoms with Gasteiger partial charge in [0.15, 0.2) is 5.96 Å². The van der Waals surface area contributed by atoms with Gasteiger partial charge in [0.25, 0.3) is 0 Å². The Morgan fingerprint density at radius 2 is 1.76 bits per heavy atom. The summed E-state index contributed by atoms with van der Waals surface area (Å²) in [5, 5.41) is 0.653. The van der Waals surface area contributed by atoms with Gasteiger partial charge in [-0.15, -0.1) is 24.8 Å². The molecule has 0 atom stereocenters. The molecule has 0 radical (unpaired) electrons. The lowest BCUT2D eigenvalue weighted by Crippen LogP contribution is -2.40. The van der Waals surface area contributed by atoms with E-state index in [0.29, 0.717) is 16.7 Å². The third kappa shape index (κ3) is 6.25. The van der Waals surface area contributed by atoms with Crippen molar-refractivity contribution in [2.75, 3.05) is 13.1 Å². The second-order valence-electron chi connectivity index (χ2n) is 4.12. The van der Waals surface area contributed by atoms with E-state index in [4.69, 9.17) is 23.1 Å². The highest BCUT2D eigenvalue weighted by Crippen LogP contribution is 2.16. The summed E-state index contributed by atoms with van der Waals surface area (Å²) in [6.07, 6.45) is 5.14. The van der Waals surface area contributed by atoms with Crippen LogP contribution < -0.4 is 11.5 Å². The minimum atomic E-state index is 0. The zero-order valence-corrected chi connectivity index (χ0v) is 13.7. The molecule has 0 aromatic heterocycles. The third-order valence-corrected chi connectivity index (χ3v) is 2.93. The molecule has 0 saturated heterocycles. The van der Waals surface area contributed by atoms with Crippen LogP contribution in [0.4, 0.5) is 5.69 Å². The van der Waals surface area contributed by atoms with Gasteiger partial charge in [-0.2, -0.15) is 4.99 Å². The maximum absolute atomic E-state index is 5.89. The van der Waals surface area contributed by atoms with E-state index in [1.54, 1.807) is 24.3 Å². The summed E-state index contributed by atoms with van der Waals surface area (Å²) in [7, 11) is 0. The number of guanidine groups is 2. The van der Waals surface area contributed by atoms with E-state index < -0.39 is 0 Å². The molecule has 1 heterocycles. The topological polar surface area (TPSA) is 80.0 Å². The number of hydrogen-bond donors (Lipinski definition) is 2. The summed E-state index contributed by atoms with van der Waals surface area (Å²) in [6, 6.07) is 7.03. The normalized spacial score (nSPS) is 15.2. The number of nitrogens with two attached hydrogens (primary N) is 2. The first-order chi connectivity index (χ1) is 9.15. The number of hydrogen-bond acceptors (Lipinski definition) is 1. The molecule has 5 nitrogen and oxygen atoms in total. The molecule has 1 aliphatic heterocycles. The quantitative estimate of drug-likeness (QED) is 0.464. The molecule has 0 spiro atoms. The second kappa shape index (κ2) is 9.50. The maximum atomic E-state index is 5.89. The van der Waals surface area contributed by atoms with Crippen molar-refractivity contribution in [3.05, 3.63) is 41.4 Å². The van der Waals surface area contributed by atoms with E-state index in [2.05, 4.69) is 22.1 Å². The third-order valence-electron chi connectivity index (χ3n) is 2.68. The molecule has 21 heavy (non-hydrogen) atoms. The van der Waals surface area contributed by atoms with Crippen LogP contribution in [-0.4, -0.2) is 29.9 Å². The fourth-order valence-electron chi connectivity index (χ4n) is 1.71. The van der Waals surface area contributed by atoms with Gasteiger partial charge in [-0.25, -0.2) is 4.99 Å². The molecule has 4 N–H and O–H groups in total. The van der Waals surface area contributed by atoms with Crippen molar-refractivity contribution in [1.29, 1.82) is 0 Å². The summed E-state index contributed by atoms with van der Waals surface area (Å²) in [5.41, 5.74) is 12.3. The number of aliphatic imine (C=N–C) groups is 2. The zero-order chi connectivity index (χ0) is 13.7. The van der Waals surface area contributed by atoms with Crippen LogP contribution in [0.15, 0.2) is 46.4 Å². The minimum Gasteiger partial charge on any atom is -0.369 e. The lowest BCUT2D eigenvalue weighted by molar-refractivity contribution is 0.450. The van der Waals surface area contributed by atoms with E-state index in [9.17, 15) is 0 Å². The molecule has 2 rings (SSSR count). The average molecular weight is 351 g/mol. The largest absolute Gasteiger partial charge is 0.369 e. The molecule has 1 aromatic carbocycles. The second-order valence-corrected chi connectivity index (χ2v) is 4.56. The van der Waals surface area contributed by atoms with E-state index in [1.807, 2.05) is 4.90 Å². The van der Waals surface area contributed by atoms with Gasteiger partial charge in [-0.05, 0) is 30.7 Å². The molecule has 0 aliphatic carbocycles. The summed E-state index contributed by atoms with van der Waals surface area (Å²) in [5.74, 6) is 0.522. The first-order valence-corrected chi connectivity index (χ1v) is 6.37. The van der Waals surface area contributed by atoms with E-state index in [-0.39, 0.29) is 30.8 Å². The molecule has 116 valence electrons. The fourth-order valence-corrected chi connectivity index (χ4v) is 1.84. The van der Waals surface area contributed by atoms with Crippen molar-refractivity contribution >= 4 is 54.0 Å². The summed E-state index contributed by atoms with van der Waals surface area (Å²) in [4.78, 5) is 10.2. The Hall–Kier alpha value is -1.43. The van der Waals surface area contributed by atoms with Crippen LogP contribution in [0.1, 0.15) is 6.42 Å². The first kappa shape index (κ1) is 19.6. The predicted octanol–water partition coefficient (Wildman–Crippen LogP) is 2.71. The van der Waals surface area contributed by atoms with Crippen LogP contribution in [0, 0.1) is 0 Å². The molecule has 0 amide bonds. The van der Waals surface area contributed by atoms with Crippen molar-refractivity contribution < 1.29 is 0 Å². The van der Waals surface area contributed by atoms with Crippen LogP contribution in [0.25, 0.3) is 0 Å². The lowest BCUT2D eigenvalue weighted by atomic mass is 10.3. The van der Waals surface area contributed by atoms with Crippen molar-refractivity contribution in [3.8, 4) is 0 Å². The Balaban J connectivity index is 0.00000200. The van der Waals surface area contributed by atoms with E-state index >= 15 is 0 Å². The maximum Gasteiger partial charge on any atom is 0.223 e. The number of halogens is 3. The molecule has 1 aliphatic rings. The van der Waals surface area contributed by atoms with Gasteiger partial charge in [0.05, 0.1) is 5.69 Å². The van der Waals surface area contributed by atoms with Gasteiger partial charge >= 0.3 is 0 Å². The smallest absolute Gasteiger partial charge is 0.223 e. The SMILES string of the molecule is Cl.Cl.NC(=Nc1ccc(Cl)cc1)/N=C(/N)N1CC=CCC1. The first-order valence-electron chi connectivity index (χ1n) is 5.99. The molecule has 0 unspecified atom stereocenters. The highest BCUT2D eigenvalue weighted by molar-refractivity contribution is 6.30. The Morgan fingerprint density at radius 1 is 1.10 bits per heavy atom. The summed E-state index contributed by atoms with van der Waals surface area (Å²) in [6.45, 7) is 1.60. The Labute approximate surface area is 141 Å². The predicted molar refractivity (Wildman–Crippen MR) is 94.2 cm³/mol. The molecule has 0 saturated carbocycles. The van der Waals surface area contributed by atoms with E-state index in [0.717, 1.165) is 19.5 Å². The highest BCUT2D eigenvalue weighted by Gasteiger charge is 2.08. The van der Waals surface area contributed by atoms with Crippen LogP contribution in [0.2, 0.25) is 5.02 Å². The van der Waals surface area contributed by atoms with Crippen molar-refractivity contribution in [2.45, 2.75) is 6.42 Å². The Bertz CT molecular complexity index is 525. The van der Waals surface area contributed by atoms with Crippen LogP contribution >= 0.6 is 36.4 Å². The highest BCUT2D eigenvalue weighted by atomic mass is 35.5. The Morgan fingerprint density at radius 3 is 2.33 bits per heavy atom. The van der Waals surface area contributed by atoms with Gasteiger partial charge in [-0.1, -0.05) is 23.8 Å². The molecular formula is C13H18Cl3N5. The average Bonchev–Trinajstić information content (AvgIpc) is 2.42. The molecule has 0 bridgehead atoms. The number of rotatable bonds is 1. The zero-order valence-electron chi connectivity index (χ0n) is 11.3. The summed E-state index contributed by atoms with van der Waals surface area (Å²) >= 11 is 5.79. The van der Waals surface area contributed by atoms with Gasteiger partial charge in [0, 0.05) is 18.1 Å². The number of nitrogens with zero attached hydrogens (tertiary/aromatic N) is 3. The van der Waals surface area contributed by atoms with Crippen molar-refractivity contribution in [1.82, 2.24) is 4.90 Å². The van der Waals surface area contributed by atoms with Crippen LogP contribution in [-0.2, 0) is 0 Å². The number of benzene rings is 1. The van der Waals surface area contributed by atoms with Crippen molar-refractivity contribution in [2.24, 2.45) is 21.5 Å². The standard InChI is InChI=1S/C13H16ClN5.2ClH/c14-10-4-6-11(7-5-10)17-12(15)18-13(16)19-8-2-1-3-9-19;;/h1-2,4-7H,3,8-9H2,(H4,15,16,17,18);2*1H.